The number of furan rings is 1. The minimum atomic E-state index is -0.648. The molecule has 1 unspecified atom stereocenters. The number of aliphatic hydroxyl groups is 1. The third-order valence-corrected chi connectivity index (χ3v) is 3.71. The molecule has 1 aromatic heterocycles. The molecule has 0 saturated heterocycles. The summed E-state index contributed by atoms with van der Waals surface area (Å²) >= 11 is 0. The van der Waals surface area contributed by atoms with E-state index in [1.54, 1.807) is 21.1 Å². The number of rotatable bonds is 4. The van der Waals surface area contributed by atoms with Crippen LogP contribution in [0.5, 0.6) is 11.5 Å². The van der Waals surface area contributed by atoms with Crippen molar-refractivity contribution >= 4 is 11.0 Å². The second kappa shape index (κ2) is 5.73. The van der Waals surface area contributed by atoms with E-state index in [1.807, 2.05) is 42.5 Å². The fraction of sp³-hybridized carbons (Fsp3) is 0.222. The Morgan fingerprint density at radius 1 is 1.00 bits per heavy atom. The topological polar surface area (TPSA) is 51.8 Å². The quantitative estimate of drug-likeness (QED) is 0.785. The first kappa shape index (κ1) is 14.5. The fourth-order valence-corrected chi connectivity index (χ4v) is 2.64. The average Bonchev–Trinajstić information content (AvgIpc) is 2.94. The standard InChI is InChI=1S/C18H18O4/c1-11(19)16-14-5-4-6-15(21-3)18(14)22-17(16)12-7-9-13(20-2)10-8-12/h4-11,19H,1-3H3. The largest absolute Gasteiger partial charge is 0.497 e. The highest BCUT2D eigenvalue weighted by Crippen LogP contribution is 2.41. The second-order valence-corrected chi connectivity index (χ2v) is 5.09. The van der Waals surface area contributed by atoms with Gasteiger partial charge in [0.05, 0.1) is 20.3 Å². The molecule has 114 valence electrons. The monoisotopic (exact) mass is 298 g/mol. The van der Waals surface area contributed by atoms with Crippen molar-refractivity contribution in [1.82, 2.24) is 0 Å². The summed E-state index contributed by atoms with van der Waals surface area (Å²) in [5, 5.41) is 11.1. The number of ether oxygens (including phenoxy) is 2. The number of fused-ring (bicyclic) bond motifs is 1. The Hall–Kier alpha value is -2.46. The van der Waals surface area contributed by atoms with Crippen LogP contribution in [-0.2, 0) is 0 Å². The Bertz CT molecular complexity index is 785. The third-order valence-electron chi connectivity index (χ3n) is 3.71. The number of hydrogen-bond acceptors (Lipinski definition) is 4. The van der Waals surface area contributed by atoms with E-state index < -0.39 is 6.10 Å². The molecule has 0 fully saturated rings. The van der Waals surface area contributed by atoms with E-state index in [2.05, 4.69) is 0 Å². The van der Waals surface area contributed by atoms with E-state index in [9.17, 15) is 5.11 Å². The van der Waals surface area contributed by atoms with Crippen LogP contribution in [0.15, 0.2) is 46.9 Å². The predicted molar refractivity (Wildman–Crippen MR) is 85.4 cm³/mol. The molecule has 3 rings (SSSR count). The minimum Gasteiger partial charge on any atom is -0.497 e. The maximum absolute atomic E-state index is 10.2. The van der Waals surface area contributed by atoms with Gasteiger partial charge >= 0.3 is 0 Å². The summed E-state index contributed by atoms with van der Waals surface area (Å²) in [7, 11) is 3.23. The van der Waals surface area contributed by atoms with Crippen LogP contribution < -0.4 is 9.47 Å². The second-order valence-electron chi connectivity index (χ2n) is 5.09. The summed E-state index contributed by atoms with van der Waals surface area (Å²) in [6.07, 6.45) is -0.648. The highest BCUT2D eigenvalue weighted by molar-refractivity contribution is 5.92. The maximum atomic E-state index is 10.2. The molecule has 0 aliphatic rings. The lowest BCUT2D eigenvalue weighted by atomic mass is 10.0. The zero-order valence-corrected chi connectivity index (χ0v) is 12.8. The van der Waals surface area contributed by atoms with Crippen molar-refractivity contribution in [3.63, 3.8) is 0 Å². The molecule has 1 heterocycles. The van der Waals surface area contributed by atoms with Crippen LogP contribution in [-0.4, -0.2) is 19.3 Å². The Morgan fingerprint density at radius 2 is 1.73 bits per heavy atom. The number of benzene rings is 2. The predicted octanol–water partition coefficient (Wildman–Crippen LogP) is 4.17. The van der Waals surface area contributed by atoms with Crippen LogP contribution in [0.25, 0.3) is 22.3 Å². The molecule has 0 amide bonds. The van der Waals surface area contributed by atoms with Crippen molar-refractivity contribution in [1.29, 1.82) is 0 Å². The van der Waals surface area contributed by atoms with Gasteiger partial charge in [0, 0.05) is 16.5 Å². The molecule has 0 spiro atoms. The summed E-state index contributed by atoms with van der Waals surface area (Å²) in [5.74, 6) is 2.08. The van der Waals surface area contributed by atoms with Crippen LogP contribution in [0.2, 0.25) is 0 Å². The molecule has 0 radical (unpaired) electrons. The molecule has 0 bridgehead atoms. The summed E-state index contributed by atoms with van der Waals surface area (Å²) in [4.78, 5) is 0. The maximum Gasteiger partial charge on any atom is 0.177 e. The Morgan fingerprint density at radius 3 is 2.32 bits per heavy atom. The van der Waals surface area contributed by atoms with Crippen molar-refractivity contribution in [2.24, 2.45) is 0 Å². The van der Waals surface area contributed by atoms with Crippen molar-refractivity contribution in [2.75, 3.05) is 14.2 Å². The van der Waals surface area contributed by atoms with E-state index in [4.69, 9.17) is 13.9 Å². The molecular weight excluding hydrogens is 280 g/mol. The molecule has 0 saturated carbocycles. The molecule has 22 heavy (non-hydrogen) atoms. The number of aliphatic hydroxyl groups excluding tert-OH is 1. The van der Waals surface area contributed by atoms with Crippen molar-refractivity contribution in [2.45, 2.75) is 13.0 Å². The van der Waals surface area contributed by atoms with E-state index in [-0.39, 0.29) is 0 Å². The van der Waals surface area contributed by atoms with Crippen molar-refractivity contribution < 1.29 is 19.0 Å². The van der Waals surface area contributed by atoms with Gasteiger partial charge < -0.3 is 19.0 Å². The van der Waals surface area contributed by atoms with Gasteiger partial charge in [-0.15, -0.1) is 0 Å². The number of methoxy groups -OCH3 is 2. The Labute approximate surface area is 128 Å². The first-order chi connectivity index (χ1) is 10.7. The molecule has 1 atom stereocenters. The van der Waals surface area contributed by atoms with Gasteiger partial charge in [-0.3, -0.25) is 0 Å². The molecule has 4 heteroatoms. The van der Waals surface area contributed by atoms with Gasteiger partial charge in [-0.2, -0.15) is 0 Å². The Kier molecular flexibility index (Phi) is 3.77. The van der Waals surface area contributed by atoms with Crippen LogP contribution >= 0.6 is 0 Å². The molecule has 3 aromatic rings. The lowest BCUT2D eigenvalue weighted by Crippen LogP contribution is -1.92. The van der Waals surface area contributed by atoms with Crippen molar-refractivity contribution in [3.8, 4) is 22.8 Å². The van der Waals surface area contributed by atoms with Crippen LogP contribution in [0, 0.1) is 0 Å². The normalized spacial score (nSPS) is 12.4. The summed E-state index contributed by atoms with van der Waals surface area (Å²) in [6.45, 7) is 1.73. The first-order valence-electron chi connectivity index (χ1n) is 7.07. The highest BCUT2D eigenvalue weighted by atomic mass is 16.5. The SMILES string of the molecule is COc1ccc(-c2oc3c(OC)cccc3c2C(C)O)cc1. The van der Waals surface area contributed by atoms with Crippen LogP contribution in [0.3, 0.4) is 0 Å². The molecular formula is C18H18O4. The van der Waals surface area contributed by atoms with Gasteiger partial charge in [0.25, 0.3) is 0 Å². The molecule has 1 N–H and O–H groups in total. The molecule has 0 aliphatic heterocycles. The average molecular weight is 298 g/mol. The summed E-state index contributed by atoms with van der Waals surface area (Å²) < 4.78 is 16.5. The van der Waals surface area contributed by atoms with Gasteiger partial charge in [0.15, 0.2) is 11.3 Å². The van der Waals surface area contributed by atoms with E-state index >= 15 is 0 Å². The van der Waals surface area contributed by atoms with Gasteiger partial charge in [0.1, 0.15) is 11.5 Å². The van der Waals surface area contributed by atoms with Crippen LogP contribution in [0.1, 0.15) is 18.6 Å². The molecule has 4 nitrogen and oxygen atoms in total. The molecule has 0 aliphatic carbocycles. The lowest BCUT2D eigenvalue weighted by molar-refractivity contribution is 0.200. The molecule has 2 aromatic carbocycles. The van der Waals surface area contributed by atoms with E-state index in [0.717, 1.165) is 22.3 Å². The Balaban J connectivity index is 2.25. The van der Waals surface area contributed by atoms with Crippen LogP contribution in [0.4, 0.5) is 0 Å². The zero-order chi connectivity index (χ0) is 15.7. The fourth-order valence-electron chi connectivity index (χ4n) is 2.64. The van der Waals surface area contributed by atoms with E-state index in [1.165, 1.54) is 0 Å². The zero-order valence-electron chi connectivity index (χ0n) is 12.8. The summed E-state index contributed by atoms with van der Waals surface area (Å²) in [5.41, 5.74) is 2.29. The smallest absolute Gasteiger partial charge is 0.177 e. The van der Waals surface area contributed by atoms with Gasteiger partial charge in [-0.1, -0.05) is 12.1 Å². The lowest BCUT2D eigenvalue weighted by Gasteiger charge is -2.06. The van der Waals surface area contributed by atoms with Crippen molar-refractivity contribution in [3.05, 3.63) is 48.0 Å². The van der Waals surface area contributed by atoms with E-state index in [0.29, 0.717) is 17.1 Å². The third kappa shape index (κ3) is 2.31. The van der Waals surface area contributed by atoms with Gasteiger partial charge in [0.2, 0.25) is 0 Å². The minimum absolute atomic E-state index is 0.645. The first-order valence-corrected chi connectivity index (χ1v) is 7.07. The summed E-state index contributed by atoms with van der Waals surface area (Å²) in [6, 6.07) is 13.2. The van der Waals surface area contributed by atoms with Gasteiger partial charge in [-0.25, -0.2) is 0 Å². The van der Waals surface area contributed by atoms with Gasteiger partial charge in [-0.05, 0) is 37.3 Å². The number of para-hydroxylation sites is 1. The number of hydrogen-bond donors (Lipinski definition) is 1. The highest BCUT2D eigenvalue weighted by Gasteiger charge is 2.21.